The van der Waals surface area contributed by atoms with E-state index in [0.717, 1.165) is 31.2 Å². The lowest BCUT2D eigenvalue weighted by molar-refractivity contribution is -0.278. The fourth-order valence-corrected chi connectivity index (χ4v) is 4.42. The molecule has 0 radical (unpaired) electrons. The van der Waals surface area contributed by atoms with Crippen LogP contribution in [-0.4, -0.2) is 101 Å². The molecular weight excluding hydrogens is 580 g/mol. The Morgan fingerprint density at radius 1 is 0.930 bits per heavy atom. The zero-order valence-corrected chi connectivity index (χ0v) is 22.3. The van der Waals surface area contributed by atoms with Crippen molar-refractivity contribution >= 4 is 22.9 Å². The zero-order valence-electron chi connectivity index (χ0n) is 22.3. The highest BCUT2D eigenvalue weighted by Gasteiger charge is 2.46. The first-order valence-corrected chi connectivity index (χ1v) is 12.6. The normalized spacial score (nSPS) is 23.4. The number of ether oxygens (including phenoxy) is 3. The number of phenolic OH excluding ortho intramolecular Hbond substituents is 4. The maximum Gasteiger partial charge on any atom is 0.308 e. The molecule has 6 atom stereocenters. The van der Waals surface area contributed by atoms with Crippen molar-refractivity contribution in [1.29, 1.82) is 0 Å². The largest absolute Gasteiger partial charge is 0.508 e. The lowest BCUT2D eigenvalue weighted by Gasteiger charge is -2.39. The smallest absolute Gasteiger partial charge is 0.308 e. The number of hydrogen-bond acceptors (Lipinski definition) is 15. The second kappa shape index (κ2) is 11.9. The maximum absolute atomic E-state index is 13.5. The third kappa shape index (κ3) is 6.73. The fraction of sp³-hybridized carbons (Fsp3) is 0.370. The summed E-state index contributed by atoms with van der Waals surface area (Å²) in [6.45, 7) is 0.329. The second-order valence-electron chi connectivity index (χ2n) is 10.2. The lowest BCUT2D eigenvalue weighted by atomic mass is 9.98. The Balaban J connectivity index is 1.67. The van der Waals surface area contributed by atoms with Crippen LogP contribution in [-0.2, 0) is 19.1 Å². The van der Waals surface area contributed by atoms with Gasteiger partial charge < -0.3 is 64.6 Å². The minimum absolute atomic E-state index is 0.0584. The number of hydrogen-bond donors (Lipinski definition) is 9. The van der Waals surface area contributed by atoms with E-state index in [0.29, 0.717) is 0 Å². The van der Waals surface area contributed by atoms with Gasteiger partial charge >= 0.3 is 11.9 Å². The van der Waals surface area contributed by atoms with E-state index in [4.69, 9.17) is 23.7 Å². The summed E-state index contributed by atoms with van der Waals surface area (Å²) in [6, 6.07) is 5.12. The first-order valence-electron chi connectivity index (χ1n) is 12.6. The molecule has 0 aliphatic carbocycles. The summed E-state index contributed by atoms with van der Waals surface area (Å²) in [7, 11) is 0. The minimum atomic E-state index is -2.01. The van der Waals surface area contributed by atoms with Gasteiger partial charge in [-0.05, 0) is 25.1 Å². The fourth-order valence-electron chi connectivity index (χ4n) is 4.42. The van der Waals surface area contributed by atoms with Crippen LogP contribution in [0.3, 0.4) is 0 Å². The van der Waals surface area contributed by atoms with E-state index < -0.39 is 113 Å². The number of aromatic hydroxyl groups is 4. The molecule has 1 fully saturated rings. The van der Waals surface area contributed by atoms with Gasteiger partial charge in [0, 0.05) is 17.7 Å². The van der Waals surface area contributed by atoms with Crippen LogP contribution in [0.2, 0.25) is 0 Å². The molecule has 0 saturated carbocycles. The van der Waals surface area contributed by atoms with Crippen LogP contribution in [0, 0.1) is 0 Å². The van der Waals surface area contributed by atoms with E-state index >= 15 is 0 Å². The van der Waals surface area contributed by atoms with Gasteiger partial charge in [-0.25, -0.2) is 0 Å². The highest BCUT2D eigenvalue weighted by Crippen LogP contribution is 2.39. The van der Waals surface area contributed by atoms with Gasteiger partial charge in [0.15, 0.2) is 17.3 Å². The molecule has 16 heteroatoms. The van der Waals surface area contributed by atoms with Gasteiger partial charge in [0.25, 0.3) is 0 Å². The van der Waals surface area contributed by atoms with Crippen LogP contribution >= 0.6 is 0 Å². The molecule has 0 amide bonds. The van der Waals surface area contributed by atoms with Gasteiger partial charge in [0.1, 0.15) is 53.5 Å². The summed E-state index contributed by atoms with van der Waals surface area (Å²) in [5, 5.41) is 89.8. The average molecular weight is 609 g/mol. The first-order chi connectivity index (χ1) is 20.1. The topological polar surface area (TPSA) is 274 Å². The van der Waals surface area contributed by atoms with Crippen molar-refractivity contribution < 1.29 is 74.2 Å². The minimum Gasteiger partial charge on any atom is -0.508 e. The highest BCUT2D eigenvalue weighted by atomic mass is 16.7. The van der Waals surface area contributed by atoms with E-state index in [-0.39, 0.29) is 11.1 Å². The number of esters is 1. The van der Waals surface area contributed by atoms with Gasteiger partial charge in [0.2, 0.25) is 17.5 Å². The molecule has 16 nitrogen and oxygen atoms in total. The molecule has 0 bridgehead atoms. The number of carboxylic acid groups (broad SMARTS) is 1. The predicted octanol–water partition coefficient (Wildman–Crippen LogP) is -0.372. The standard InChI is InChI=1S/C27H28O16/c1-27(39,7-17(32)33)8-18(34)40-9-16-20(35)22(37)23(38)26(42-16)43-25-21(36)19-14(31)5-11(28)6-15(19)41-24(25)10-2-3-12(29)13(30)4-10/h2-6,16,20,22-23,26,28-31,35,37-39H,7-9H2,1H3,(H,32,33)/t16-,20-,22+,23-,26+,27-/m1/s1. The van der Waals surface area contributed by atoms with Crippen molar-refractivity contribution in [3.8, 4) is 40.1 Å². The van der Waals surface area contributed by atoms with Gasteiger partial charge in [0.05, 0.1) is 18.4 Å². The van der Waals surface area contributed by atoms with Crippen molar-refractivity contribution in [1.82, 2.24) is 0 Å². The van der Waals surface area contributed by atoms with Crippen LogP contribution in [0.4, 0.5) is 0 Å². The van der Waals surface area contributed by atoms with E-state index in [1.54, 1.807) is 0 Å². The summed E-state index contributed by atoms with van der Waals surface area (Å²) in [5.41, 5.74) is -3.39. The van der Waals surface area contributed by atoms with Crippen molar-refractivity contribution in [3.05, 3.63) is 40.6 Å². The molecule has 2 aromatic carbocycles. The van der Waals surface area contributed by atoms with Gasteiger partial charge in [-0.15, -0.1) is 0 Å². The number of carbonyl (C=O) groups excluding carboxylic acids is 1. The number of rotatable bonds is 9. The molecule has 0 unspecified atom stereocenters. The number of aliphatic hydroxyl groups excluding tert-OH is 3. The number of fused-ring (bicyclic) bond motifs is 1. The van der Waals surface area contributed by atoms with Crippen LogP contribution in [0.15, 0.2) is 39.5 Å². The van der Waals surface area contributed by atoms with Gasteiger partial charge in [-0.3, -0.25) is 14.4 Å². The second-order valence-corrected chi connectivity index (χ2v) is 10.2. The number of carboxylic acids is 1. The predicted molar refractivity (Wildman–Crippen MR) is 140 cm³/mol. The Hall–Kier alpha value is -4.61. The molecule has 9 N–H and O–H groups in total. The monoisotopic (exact) mass is 608 g/mol. The third-order valence-corrected chi connectivity index (χ3v) is 6.52. The molecular formula is C27H28O16. The van der Waals surface area contributed by atoms with E-state index in [9.17, 15) is 55.2 Å². The van der Waals surface area contributed by atoms with Crippen LogP contribution in [0.1, 0.15) is 19.8 Å². The summed E-state index contributed by atoms with van der Waals surface area (Å²) in [4.78, 5) is 36.6. The summed E-state index contributed by atoms with van der Waals surface area (Å²) < 4.78 is 21.8. The highest BCUT2D eigenvalue weighted by molar-refractivity contribution is 5.88. The lowest BCUT2D eigenvalue weighted by Crippen LogP contribution is -2.60. The molecule has 4 rings (SSSR count). The number of aliphatic carboxylic acids is 1. The molecule has 1 saturated heterocycles. The maximum atomic E-state index is 13.5. The summed E-state index contributed by atoms with van der Waals surface area (Å²) in [6.07, 6.45) is -10.9. The van der Waals surface area contributed by atoms with E-state index in [1.165, 1.54) is 6.07 Å². The third-order valence-electron chi connectivity index (χ3n) is 6.52. The Bertz CT molecular complexity index is 1590. The van der Waals surface area contributed by atoms with E-state index in [1.807, 2.05) is 0 Å². The Morgan fingerprint density at radius 3 is 2.28 bits per heavy atom. The summed E-state index contributed by atoms with van der Waals surface area (Å²) in [5.74, 6) is -5.93. The average Bonchev–Trinajstić information content (AvgIpc) is 2.89. The Labute approximate surface area is 240 Å². The molecule has 1 aromatic heterocycles. The van der Waals surface area contributed by atoms with Crippen LogP contribution in [0.5, 0.6) is 28.7 Å². The Morgan fingerprint density at radius 2 is 1.63 bits per heavy atom. The van der Waals surface area contributed by atoms with Gasteiger partial charge in [-0.1, -0.05) is 0 Å². The number of carbonyl (C=O) groups is 2. The molecule has 3 aromatic rings. The number of aliphatic hydroxyl groups is 4. The number of phenols is 4. The molecule has 1 aliphatic heterocycles. The molecule has 1 aliphatic rings. The van der Waals surface area contributed by atoms with Crippen LogP contribution in [0.25, 0.3) is 22.3 Å². The summed E-state index contributed by atoms with van der Waals surface area (Å²) >= 11 is 0. The number of benzene rings is 2. The molecule has 43 heavy (non-hydrogen) atoms. The van der Waals surface area contributed by atoms with Gasteiger partial charge in [-0.2, -0.15) is 0 Å². The van der Waals surface area contributed by atoms with E-state index in [2.05, 4.69) is 0 Å². The molecule has 232 valence electrons. The van der Waals surface area contributed by atoms with Crippen molar-refractivity contribution in [2.24, 2.45) is 0 Å². The molecule has 2 heterocycles. The van der Waals surface area contributed by atoms with Crippen LogP contribution < -0.4 is 10.2 Å². The SMILES string of the molecule is C[C@@](O)(CC(=O)O)CC(=O)OC[C@H]1O[C@@H](Oc2c(-c3ccc(O)c(O)c3)oc3cc(O)cc(O)c3c2=O)[C@H](O)[C@@H](O)[C@@H]1O. The first kappa shape index (κ1) is 31.3. The van der Waals surface area contributed by atoms with Crippen molar-refractivity contribution in [2.45, 2.75) is 56.1 Å². The quantitative estimate of drug-likeness (QED) is 0.111. The molecule has 0 spiro atoms. The zero-order chi connectivity index (χ0) is 31.8. The van der Waals surface area contributed by atoms with Crippen molar-refractivity contribution in [3.63, 3.8) is 0 Å². The Kier molecular flexibility index (Phi) is 8.70. The van der Waals surface area contributed by atoms with Crippen molar-refractivity contribution in [2.75, 3.05) is 6.61 Å².